The van der Waals surface area contributed by atoms with Gasteiger partial charge in [0.2, 0.25) is 0 Å². The van der Waals surface area contributed by atoms with Gasteiger partial charge >= 0.3 is 5.97 Å². The summed E-state index contributed by atoms with van der Waals surface area (Å²) in [6.45, 7) is 3.25. The molecule has 1 rings (SSSR count). The molecule has 0 aromatic carbocycles. The van der Waals surface area contributed by atoms with Crippen LogP contribution in [-0.2, 0) is 4.79 Å². The van der Waals surface area contributed by atoms with Crippen LogP contribution in [0.5, 0.6) is 0 Å². The Morgan fingerprint density at radius 3 is 2.92 bits per heavy atom. The number of hydrogen-bond donors (Lipinski definition) is 2. The summed E-state index contributed by atoms with van der Waals surface area (Å²) in [6, 6.07) is 0. The molecule has 0 aromatic rings. The maximum atomic E-state index is 10.6. The summed E-state index contributed by atoms with van der Waals surface area (Å²) in [4.78, 5) is 12.7. The molecule has 0 bridgehead atoms. The second-order valence-corrected chi connectivity index (χ2v) is 3.27. The Kier molecular flexibility index (Phi) is 3.49. The zero-order valence-electron chi connectivity index (χ0n) is 7.20. The van der Waals surface area contributed by atoms with Crippen molar-refractivity contribution in [1.82, 2.24) is 4.90 Å². The molecule has 0 saturated carbocycles. The van der Waals surface area contributed by atoms with Crippen molar-refractivity contribution in [2.75, 3.05) is 26.2 Å². The lowest BCUT2D eigenvalue weighted by atomic mass is 10.1. The predicted molar refractivity (Wildman–Crippen MR) is 45.9 cm³/mol. The lowest BCUT2D eigenvalue weighted by Gasteiger charge is -2.13. The quantitative estimate of drug-likeness (QED) is 0.613. The van der Waals surface area contributed by atoms with E-state index in [1.54, 1.807) is 0 Å². The van der Waals surface area contributed by atoms with Crippen molar-refractivity contribution < 1.29 is 9.90 Å². The van der Waals surface area contributed by atoms with Crippen LogP contribution in [-0.4, -0.2) is 42.2 Å². The number of likely N-dealkylation sites (tertiary alicyclic amines) is 1. The molecule has 1 heterocycles. The van der Waals surface area contributed by atoms with Crippen LogP contribution in [0.15, 0.2) is 0 Å². The van der Waals surface area contributed by atoms with E-state index in [-0.39, 0.29) is 5.92 Å². The van der Waals surface area contributed by atoms with Crippen molar-refractivity contribution in [3.05, 3.63) is 0 Å². The van der Waals surface area contributed by atoms with E-state index in [9.17, 15) is 4.79 Å². The van der Waals surface area contributed by atoms with E-state index < -0.39 is 5.97 Å². The third-order valence-electron chi connectivity index (χ3n) is 2.30. The van der Waals surface area contributed by atoms with E-state index in [4.69, 9.17) is 10.8 Å². The summed E-state index contributed by atoms with van der Waals surface area (Å²) in [5.41, 5.74) is 5.36. The fourth-order valence-electron chi connectivity index (χ4n) is 1.55. The van der Waals surface area contributed by atoms with E-state index in [1.807, 2.05) is 0 Å². The van der Waals surface area contributed by atoms with Crippen molar-refractivity contribution in [3.8, 4) is 0 Å². The van der Waals surface area contributed by atoms with Gasteiger partial charge in [-0.3, -0.25) is 4.79 Å². The second-order valence-electron chi connectivity index (χ2n) is 3.27. The second kappa shape index (κ2) is 4.42. The molecule has 70 valence electrons. The van der Waals surface area contributed by atoms with Crippen LogP contribution in [0, 0.1) is 5.92 Å². The van der Waals surface area contributed by atoms with Crippen LogP contribution in [0.1, 0.15) is 12.8 Å². The van der Waals surface area contributed by atoms with Gasteiger partial charge in [0.15, 0.2) is 0 Å². The van der Waals surface area contributed by atoms with Gasteiger partial charge in [-0.2, -0.15) is 0 Å². The topological polar surface area (TPSA) is 66.6 Å². The largest absolute Gasteiger partial charge is 0.481 e. The molecule has 1 atom stereocenters. The number of nitrogens with two attached hydrogens (primary N) is 1. The lowest BCUT2D eigenvalue weighted by Crippen LogP contribution is -2.25. The summed E-state index contributed by atoms with van der Waals surface area (Å²) < 4.78 is 0. The molecule has 0 radical (unpaired) electrons. The molecule has 0 spiro atoms. The highest BCUT2D eigenvalue weighted by Gasteiger charge is 2.26. The van der Waals surface area contributed by atoms with Crippen molar-refractivity contribution >= 4 is 5.97 Å². The van der Waals surface area contributed by atoms with Gasteiger partial charge in [-0.05, 0) is 32.5 Å². The first-order valence-corrected chi connectivity index (χ1v) is 4.39. The highest BCUT2D eigenvalue weighted by Crippen LogP contribution is 2.15. The molecule has 12 heavy (non-hydrogen) atoms. The number of carbonyl (C=O) groups is 1. The molecule has 1 unspecified atom stereocenters. The Morgan fingerprint density at radius 1 is 1.67 bits per heavy atom. The maximum Gasteiger partial charge on any atom is 0.307 e. The fourth-order valence-corrected chi connectivity index (χ4v) is 1.55. The zero-order valence-corrected chi connectivity index (χ0v) is 7.20. The molecule has 4 heteroatoms. The number of rotatable bonds is 4. The summed E-state index contributed by atoms with van der Waals surface area (Å²) in [7, 11) is 0. The number of aliphatic carboxylic acids is 1. The predicted octanol–water partition coefficient (Wildman–Crippen LogP) is -0.258. The third-order valence-corrected chi connectivity index (χ3v) is 2.30. The van der Waals surface area contributed by atoms with Gasteiger partial charge in [0.1, 0.15) is 0 Å². The smallest absolute Gasteiger partial charge is 0.307 e. The summed E-state index contributed by atoms with van der Waals surface area (Å²) in [5.74, 6) is -0.812. The molecule has 0 aromatic heterocycles. The van der Waals surface area contributed by atoms with Crippen molar-refractivity contribution in [2.24, 2.45) is 11.7 Å². The standard InChI is InChI=1S/C8H16N2O2/c9-3-1-4-10-5-2-7(6-10)8(11)12/h7H,1-6,9H2,(H,11,12). The SMILES string of the molecule is NCCCN1CCC(C(=O)O)C1. The summed E-state index contributed by atoms with van der Waals surface area (Å²) in [5, 5.41) is 8.71. The molecule has 1 fully saturated rings. The molecule has 1 saturated heterocycles. The van der Waals surface area contributed by atoms with Gasteiger partial charge in [0.05, 0.1) is 5.92 Å². The third kappa shape index (κ3) is 2.46. The molecular weight excluding hydrogens is 156 g/mol. The Bertz CT molecular complexity index is 161. The average molecular weight is 172 g/mol. The highest BCUT2D eigenvalue weighted by molar-refractivity contribution is 5.70. The Balaban J connectivity index is 2.21. The molecule has 1 aliphatic rings. The van der Waals surface area contributed by atoms with Crippen LogP contribution < -0.4 is 5.73 Å². The number of nitrogens with zero attached hydrogens (tertiary/aromatic N) is 1. The first-order chi connectivity index (χ1) is 5.74. The maximum absolute atomic E-state index is 10.6. The molecule has 0 aliphatic carbocycles. The minimum atomic E-state index is -0.662. The average Bonchev–Trinajstić information content (AvgIpc) is 2.48. The van der Waals surface area contributed by atoms with Crippen LogP contribution in [0.3, 0.4) is 0 Å². The van der Waals surface area contributed by atoms with Crippen molar-refractivity contribution in [1.29, 1.82) is 0 Å². The fraction of sp³-hybridized carbons (Fsp3) is 0.875. The minimum absolute atomic E-state index is 0.150. The number of carboxylic acid groups (broad SMARTS) is 1. The normalized spacial score (nSPS) is 24.6. The molecule has 3 N–H and O–H groups in total. The number of carboxylic acids is 1. The van der Waals surface area contributed by atoms with Crippen molar-refractivity contribution in [3.63, 3.8) is 0 Å². The van der Waals surface area contributed by atoms with Crippen LogP contribution in [0.25, 0.3) is 0 Å². The monoisotopic (exact) mass is 172 g/mol. The van der Waals surface area contributed by atoms with Gasteiger partial charge < -0.3 is 15.7 Å². The van der Waals surface area contributed by atoms with Gasteiger partial charge in [-0.1, -0.05) is 0 Å². The number of hydrogen-bond acceptors (Lipinski definition) is 3. The molecule has 0 amide bonds. The van der Waals surface area contributed by atoms with Crippen LogP contribution in [0.2, 0.25) is 0 Å². The van der Waals surface area contributed by atoms with Gasteiger partial charge in [-0.15, -0.1) is 0 Å². The van der Waals surface area contributed by atoms with Gasteiger partial charge in [0, 0.05) is 6.54 Å². The molecule has 4 nitrogen and oxygen atoms in total. The molecular formula is C8H16N2O2. The van der Waals surface area contributed by atoms with E-state index in [1.165, 1.54) is 0 Å². The highest BCUT2D eigenvalue weighted by atomic mass is 16.4. The summed E-state index contributed by atoms with van der Waals surface area (Å²) in [6.07, 6.45) is 1.76. The van der Waals surface area contributed by atoms with E-state index in [0.717, 1.165) is 25.9 Å². The van der Waals surface area contributed by atoms with E-state index in [0.29, 0.717) is 13.1 Å². The van der Waals surface area contributed by atoms with Crippen LogP contribution in [0.4, 0.5) is 0 Å². The van der Waals surface area contributed by atoms with Gasteiger partial charge in [0.25, 0.3) is 0 Å². The molecule has 1 aliphatic heterocycles. The minimum Gasteiger partial charge on any atom is -0.481 e. The Hall–Kier alpha value is -0.610. The Morgan fingerprint density at radius 2 is 2.42 bits per heavy atom. The first kappa shape index (κ1) is 9.48. The zero-order chi connectivity index (χ0) is 8.97. The van der Waals surface area contributed by atoms with E-state index in [2.05, 4.69) is 4.90 Å². The lowest BCUT2D eigenvalue weighted by molar-refractivity contribution is -0.141. The summed E-state index contributed by atoms with van der Waals surface area (Å²) >= 11 is 0. The van der Waals surface area contributed by atoms with E-state index >= 15 is 0 Å². The Labute approximate surface area is 72.3 Å². The van der Waals surface area contributed by atoms with Crippen LogP contribution >= 0.6 is 0 Å². The van der Waals surface area contributed by atoms with Gasteiger partial charge in [-0.25, -0.2) is 0 Å². The first-order valence-electron chi connectivity index (χ1n) is 4.39. The van der Waals surface area contributed by atoms with Crippen molar-refractivity contribution in [2.45, 2.75) is 12.8 Å².